The summed E-state index contributed by atoms with van der Waals surface area (Å²) in [7, 11) is 0. The summed E-state index contributed by atoms with van der Waals surface area (Å²) < 4.78 is 1.46. The number of aliphatic hydroxyl groups excluding tert-OH is 2. The number of halogens is 2. The van der Waals surface area contributed by atoms with Crippen LogP contribution in [0.1, 0.15) is 20.7 Å². The van der Waals surface area contributed by atoms with Gasteiger partial charge in [0.1, 0.15) is 15.0 Å². The third-order valence-electron chi connectivity index (χ3n) is 5.06. The number of nitrogen functional groups attached to an aromatic ring is 1. The number of aliphatic hydroxyl groups is 3. The molecule has 15 nitrogen and oxygen atoms in total. The number of fused-ring (bicyclic) bond motifs is 2. The minimum absolute atomic E-state index is 0. The van der Waals surface area contributed by atoms with Gasteiger partial charge in [0, 0.05) is 56.1 Å². The van der Waals surface area contributed by atoms with Gasteiger partial charge in [-0.1, -0.05) is 23.7 Å². The number of aromatic nitrogens is 5. The normalized spacial score (nSPS) is 10.1. The molecule has 0 unspecified atom stereocenters. The second-order valence-corrected chi connectivity index (χ2v) is 9.89. The van der Waals surface area contributed by atoms with E-state index < -0.39 is 36.7 Å². The third kappa shape index (κ3) is 12.7. The predicted molar refractivity (Wildman–Crippen MR) is 163 cm³/mol. The minimum Gasteiger partial charge on any atom is -0.479 e. The van der Waals surface area contributed by atoms with Crippen LogP contribution in [0.2, 0.25) is 0 Å². The summed E-state index contributed by atoms with van der Waals surface area (Å²) in [5, 5.41) is 51.8. The van der Waals surface area contributed by atoms with Gasteiger partial charge in [0.2, 0.25) is 5.60 Å². The fourth-order valence-corrected chi connectivity index (χ4v) is 3.40. The molecule has 5 heterocycles. The Bertz CT molecular complexity index is 1750. The first-order valence-corrected chi connectivity index (χ1v) is 13.5. The SMILES string of the molecule is Nc1cccc(Br)n1.O=C(O)C(O)(CO)CO.O=C(O)c1cnc2n[c-]ccc2c1.O=C(O)c1cnc2nc(Br)ccc2c1.[Y]. The van der Waals surface area contributed by atoms with E-state index in [1.54, 1.807) is 36.4 Å². The number of hydrogen-bond donors (Lipinski definition) is 7. The summed E-state index contributed by atoms with van der Waals surface area (Å²) >= 11 is 6.38. The molecular weight excluding hydrogens is 801 g/mol. The molecule has 0 saturated carbocycles. The van der Waals surface area contributed by atoms with Crippen molar-refractivity contribution in [3.05, 3.63) is 93.5 Å². The second-order valence-electron chi connectivity index (χ2n) is 8.26. The molecule has 5 aromatic heterocycles. The quantitative estimate of drug-likeness (QED) is 0.0992. The van der Waals surface area contributed by atoms with Gasteiger partial charge >= 0.3 is 17.9 Å². The van der Waals surface area contributed by atoms with Crippen LogP contribution in [-0.4, -0.2) is 92.3 Å². The van der Waals surface area contributed by atoms with Crippen LogP contribution in [0.5, 0.6) is 0 Å². The number of pyridine rings is 5. The molecule has 0 saturated heterocycles. The maximum absolute atomic E-state index is 10.6. The van der Waals surface area contributed by atoms with Crippen molar-refractivity contribution in [2.75, 3.05) is 18.9 Å². The third-order valence-corrected chi connectivity index (χ3v) is 5.95. The number of anilines is 1. The van der Waals surface area contributed by atoms with Crippen molar-refractivity contribution in [2.45, 2.75) is 5.60 Å². The van der Waals surface area contributed by atoms with Gasteiger partial charge < -0.3 is 46.3 Å². The van der Waals surface area contributed by atoms with Crippen molar-refractivity contribution in [2.24, 2.45) is 0 Å². The van der Waals surface area contributed by atoms with Crippen LogP contribution in [-0.2, 0) is 37.5 Å². The Hall–Kier alpha value is -3.58. The van der Waals surface area contributed by atoms with E-state index in [0.29, 0.717) is 32.5 Å². The van der Waals surface area contributed by atoms with Gasteiger partial charge in [-0.15, -0.1) is 0 Å². The molecule has 0 aliphatic carbocycles. The Labute approximate surface area is 296 Å². The Morgan fingerprint density at radius 1 is 0.800 bits per heavy atom. The van der Waals surface area contributed by atoms with Crippen LogP contribution >= 0.6 is 31.9 Å². The van der Waals surface area contributed by atoms with Gasteiger partial charge in [-0.2, -0.15) is 12.1 Å². The predicted octanol–water partition coefficient (Wildman–Crippen LogP) is 2.43. The molecule has 1 radical (unpaired) electrons. The largest absolute Gasteiger partial charge is 0.479 e. The molecule has 0 fully saturated rings. The molecule has 0 spiro atoms. The Balaban J connectivity index is 0.000000306. The number of nitrogens with two attached hydrogens (primary N) is 1. The van der Waals surface area contributed by atoms with E-state index in [9.17, 15) is 14.4 Å². The van der Waals surface area contributed by atoms with Gasteiger partial charge in [-0.05, 0) is 62.2 Å². The molecular formula is C27H23Br2N6O9Y-. The van der Waals surface area contributed by atoms with Gasteiger partial charge in [0.25, 0.3) is 0 Å². The average molecular weight is 824 g/mol. The maximum Gasteiger partial charge on any atom is 0.340 e. The summed E-state index contributed by atoms with van der Waals surface area (Å²) in [5.41, 5.74) is 4.30. The summed E-state index contributed by atoms with van der Waals surface area (Å²) in [6.07, 6.45) is 5.20. The van der Waals surface area contributed by atoms with Crippen molar-refractivity contribution in [3.63, 3.8) is 0 Å². The van der Waals surface area contributed by atoms with Crippen LogP contribution in [0, 0.1) is 6.20 Å². The van der Waals surface area contributed by atoms with E-state index in [2.05, 4.69) is 63.0 Å². The molecule has 8 N–H and O–H groups in total. The molecule has 0 aromatic carbocycles. The summed E-state index contributed by atoms with van der Waals surface area (Å²) in [6.45, 7) is -1.97. The van der Waals surface area contributed by atoms with Crippen molar-refractivity contribution in [1.29, 1.82) is 0 Å². The van der Waals surface area contributed by atoms with E-state index in [1.165, 1.54) is 18.5 Å². The van der Waals surface area contributed by atoms with Crippen molar-refractivity contribution >= 4 is 77.7 Å². The van der Waals surface area contributed by atoms with E-state index in [-0.39, 0.29) is 43.8 Å². The van der Waals surface area contributed by atoms with Crippen LogP contribution in [0.3, 0.4) is 0 Å². The zero-order valence-corrected chi connectivity index (χ0v) is 28.8. The molecule has 0 amide bonds. The van der Waals surface area contributed by atoms with E-state index >= 15 is 0 Å². The number of carboxylic acids is 3. The van der Waals surface area contributed by atoms with Crippen LogP contribution < -0.4 is 5.73 Å². The Kier molecular flexibility index (Phi) is 16.7. The summed E-state index contributed by atoms with van der Waals surface area (Å²) in [6, 6.07) is 15.3. The molecule has 0 atom stereocenters. The van der Waals surface area contributed by atoms with Crippen LogP contribution in [0.25, 0.3) is 22.1 Å². The zero-order valence-electron chi connectivity index (χ0n) is 22.8. The molecule has 18 heteroatoms. The van der Waals surface area contributed by atoms with Gasteiger partial charge in [-0.25, -0.2) is 29.3 Å². The standard InChI is InChI=1S/C9H5BrN2O2.C9H5N2O2.C5H5BrN2.C4H8O5.Y/c10-7-2-1-5-3-6(9(13)14)4-11-8(5)12-7;12-9(13)7-4-6-2-1-3-10-8(6)11-5-7;6-4-2-1-3-5(7)8-4;5-1-4(9,2-6)3(7)8;/h1-4H,(H,13,14);1-2,4-5H,(H,12,13);1-3H,(H2,7,8);5-6,9H,1-2H2,(H,7,8);/q;-1;;;. The zero-order chi connectivity index (χ0) is 32.9. The number of nitrogens with zero attached hydrogens (tertiary/aromatic N) is 5. The molecule has 0 aliphatic heterocycles. The Morgan fingerprint density at radius 2 is 1.33 bits per heavy atom. The van der Waals surface area contributed by atoms with E-state index in [0.717, 1.165) is 4.60 Å². The molecule has 45 heavy (non-hydrogen) atoms. The monoisotopic (exact) mass is 822 g/mol. The molecule has 5 rings (SSSR count). The first kappa shape index (κ1) is 39.4. The van der Waals surface area contributed by atoms with Crippen molar-refractivity contribution < 1.29 is 77.7 Å². The maximum atomic E-state index is 10.6. The summed E-state index contributed by atoms with van der Waals surface area (Å²) in [5.74, 6) is -3.06. The van der Waals surface area contributed by atoms with Crippen molar-refractivity contribution in [3.8, 4) is 0 Å². The van der Waals surface area contributed by atoms with E-state index in [4.69, 9.17) is 36.4 Å². The smallest absolute Gasteiger partial charge is 0.340 e. The number of aliphatic carboxylic acids is 1. The van der Waals surface area contributed by atoms with E-state index in [1.807, 2.05) is 12.1 Å². The first-order chi connectivity index (χ1) is 20.8. The fraction of sp³-hybridized carbons (Fsp3) is 0.111. The van der Waals surface area contributed by atoms with Crippen LogP contribution in [0.4, 0.5) is 5.82 Å². The molecule has 233 valence electrons. The van der Waals surface area contributed by atoms with Gasteiger partial charge in [0.05, 0.1) is 24.3 Å². The fourth-order valence-electron chi connectivity index (χ4n) is 2.75. The number of aromatic carboxylic acids is 2. The Morgan fingerprint density at radius 3 is 1.78 bits per heavy atom. The number of hydrogen-bond acceptors (Lipinski definition) is 12. The second kappa shape index (κ2) is 19.1. The minimum atomic E-state index is -2.39. The average Bonchev–Trinajstić information content (AvgIpc) is 3.00. The van der Waals surface area contributed by atoms with Gasteiger partial charge in [-0.3, -0.25) is 0 Å². The number of rotatable bonds is 5. The van der Waals surface area contributed by atoms with Gasteiger partial charge in [0.15, 0.2) is 5.65 Å². The number of carbonyl (C=O) groups is 3. The molecule has 0 bridgehead atoms. The topological polar surface area (TPSA) is 263 Å². The molecule has 0 aliphatic rings. The van der Waals surface area contributed by atoms with Crippen molar-refractivity contribution in [1.82, 2.24) is 24.9 Å². The molecule has 5 aromatic rings. The summed E-state index contributed by atoms with van der Waals surface area (Å²) in [4.78, 5) is 50.8. The van der Waals surface area contributed by atoms with Crippen LogP contribution in [0.15, 0.2) is 76.2 Å². The number of carboxylic acid groups (broad SMARTS) is 3. The first-order valence-electron chi connectivity index (χ1n) is 11.9.